The van der Waals surface area contributed by atoms with Crippen LogP contribution in [0.4, 0.5) is 0 Å². The van der Waals surface area contributed by atoms with Crippen LogP contribution in [0.2, 0.25) is 0 Å². The Bertz CT molecular complexity index is 827. The highest BCUT2D eigenvalue weighted by Crippen LogP contribution is 2.23. The van der Waals surface area contributed by atoms with Crippen LogP contribution in [-0.2, 0) is 38.1 Å². The molecule has 0 aromatic rings. The number of carbonyl (C=O) groups excluding carboxylic acids is 4. The van der Waals surface area contributed by atoms with Crippen LogP contribution in [0.25, 0.3) is 0 Å². The van der Waals surface area contributed by atoms with E-state index in [0.717, 1.165) is 51.6 Å². The molecular formula is C40H75NO8. The van der Waals surface area contributed by atoms with Gasteiger partial charge >= 0.3 is 17.9 Å². The van der Waals surface area contributed by atoms with Gasteiger partial charge in [0.2, 0.25) is 5.91 Å². The largest absolute Gasteiger partial charge is 0.466 e. The Morgan fingerprint density at radius 1 is 0.633 bits per heavy atom. The van der Waals surface area contributed by atoms with Crippen molar-refractivity contribution in [3.05, 3.63) is 0 Å². The molecule has 0 saturated carbocycles. The predicted octanol–water partition coefficient (Wildman–Crippen LogP) is 9.37. The maximum atomic E-state index is 12.7. The molecule has 0 spiro atoms. The van der Waals surface area contributed by atoms with Gasteiger partial charge in [-0.25, -0.2) is 0 Å². The molecule has 1 amide bonds. The van der Waals surface area contributed by atoms with E-state index >= 15 is 0 Å². The van der Waals surface area contributed by atoms with Crippen LogP contribution in [0.3, 0.4) is 0 Å². The Balaban J connectivity index is 0.00000198. The standard InChI is InChI=1S/C31H55NO7.C9H20O/c1-5-7-9-11-13-15-17-29(34)38-23-27(20-30(35)37-18-16-14-12-10-8-6-2)21-31(36)39-24-28-19-25(3)22-32(28)26(4)33;1-3-4-5-6-7-8-9-10-2/h25,27-28H,5-24H2,1-4H3;3-9H2,1-2H3. The highest BCUT2D eigenvalue weighted by Gasteiger charge is 2.32. The summed E-state index contributed by atoms with van der Waals surface area (Å²) in [5.41, 5.74) is 0. The molecule has 0 aromatic heterocycles. The molecule has 1 heterocycles. The predicted molar refractivity (Wildman–Crippen MR) is 197 cm³/mol. The molecule has 0 radical (unpaired) electrons. The SMILES string of the molecule is CCCCCCCCOC.CCCCCCCCOC(=O)CC(COC(=O)CCCCCCCC)CC(=O)OCC1CC(C)CN1C(C)=O. The Hall–Kier alpha value is -2.16. The number of likely N-dealkylation sites (tertiary alicyclic amines) is 1. The molecule has 49 heavy (non-hydrogen) atoms. The number of unbranched alkanes of at least 4 members (excludes halogenated alkanes) is 15. The van der Waals surface area contributed by atoms with Crippen molar-refractivity contribution in [1.29, 1.82) is 0 Å². The minimum Gasteiger partial charge on any atom is -0.466 e. The van der Waals surface area contributed by atoms with E-state index in [4.69, 9.17) is 18.9 Å². The lowest BCUT2D eigenvalue weighted by molar-refractivity contribution is -0.154. The summed E-state index contributed by atoms with van der Waals surface area (Å²) in [4.78, 5) is 51.0. The third kappa shape index (κ3) is 28.3. The zero-order valence-electron chi connectivity index (χ0n) is 32.5. The van der Waals surface area contributed by atoms with Gasteiger partial charge in [0.25, 0.3) is 0 Å². The second-order valence-electron chi connectivity index (χ2n) is 14.1. The van der Waals surface area contributed by atoms with Gasteiger partial charge < -0.3 is 23.8 Å². The maximum Gasteiger partial charge on any atom is 0.306 e. The van der Waals surface area contributed by atoms with Crippen molar-refractivity contribution in [2.45, 2.75) is 182 Å². The van der Waals surface area contributed by atoms with Gasteiger partial charge in [-0.1, -0.05) is 124 Å². The molecule has 3 unspecified atom stereocenters. The van der Waals surface area contributed by atoms with E-state index in [9.17, 15) is 19.2 Å². The number of esters is 3. The van der Waals surface area contributed by atoms with Crippen molar-refractivity contribution >= 4 is 23.8 Å². The van der Waals surface area contributed by atoms with Gasteiger partial charge in [-0.05, 0) is 31.6 Å². The van der Waals surface area contributed by atoms with Crippen LogP contribution >= 0.6 is 0 Å². The fraction of sp³-hybridized carbons (Fsp3) is 0.900. The average molecular weight is 698 g/mol. The van der Waals surface area contributed by atoms with Crippen LogP contribution in [-0.4, -0.2) is 74.8 Å². The molecule has 0 N–H and O–H groups in total. The molecule has 9 heteroatoms. The van der Waals surface area contributed by atoms with Gasteiger partial charge in [-0.2, -0.15) is 0 Å². The lowest BCUT2D eigenvalue weighted by Crippen LogP contribution is -2.37. The molecule has 3 atom stereocenters. The third-order valence-electron chi connectivity index (χ3n) is 9.05. The molecular weight excluding hydrogens is 622 g/mol. The fourth-order valence-electron chi connectivity index (χ4n) is 6.09. The number of hydrogen-bond acceptors (Lipinski definition) is 8. The first-order chi connectivity index (χ1) is 23.7. The first-order valence-corrected chi connectivity index (χ1v) is 19.9. The van der Waals surface area contributed by atoms with Crippen molar-refractivity contribution in [3.8, 4) is 0 Å². The first kappa shape index (κ1) is 46.8. The maximum absolute atomic E-state index is 12.7. The smallest absolute Gasteiger partial charge is 0.306 e. The number of methoxy groups -OCH3 is 1. The van der Waals surface area contributed by atoms with Gasteiger partial charge in [-0.3, -0.25) is 19.2 Å². The normalized spacial score (nSPS) is 16.1. The van der Waals surface area contributed by atoms with Crippen molar-refractivity contribution in [1.82, 2.24) is 4.90 Å². The Morgan fingerprint density at radius 3 is 1.65 bits per heavy atom. The molecule has 1 saturated heterocycles. The van der Waals surface area contributed by atoms with Crippen molar-refractivity contribution < 1.29 is 38.1 Å². The Labute approximate surface area is 300 Å². The summed E-state index contributed by atoms with van der Waals surface area (Å²) >= 11 is 0. The van der Waals surface area contributed by atoms with Crippen LogP contribution in [0.1, 0.15) is 176 Å². The zero-order valence-corrected chi connectivity index (χ0v) is 32.5. The average Bonchev–Trinajstić information content (AvgIpc) is 3.46. The highest BCUT2D eigenvalue weighted by molar-refractivity contribution is 5.75. The number of ether oxygens (including phenoxy) is 4. The number of rotatable bonds is 29. The second kappa shape index (κ2) is 33.0. The molecule has 0 aliphatic carbocycles. The molecule has 1 aliphatic heterocycles. The van der Waals surface area contributed by atoms with E-state index in [1.54, 1.807) is 12.0 Å². The number of hydrogen-bond donors (Lipinski definition) is 0. The lowest BCUT2D eigenvalue weighted by atomic mass is 10.0. The summed E-state index contributed by atoms with van der Waals surface area (Å²) in [6, 6.07) is -0.127. The molecule has 288 valence electrons. The van der Waals surface area contributed by atoms with Gasteiger partial charge in [-0.15, -0.1) is 0 Å². The summed E-state index contributed by atoms with van der Waals surface area (Å²) in [6.45, 7) is 12.3. The van der Waals surface area contributed by atoms with Crippen molar-refractivity contribution in [3.63, 3.8) is 0 Å². The number of nitrogens with zero attached hydrogens (tertiary/aromatic N) is 1. The van der Waals surface area contributed by atoms with E-state index in [1.165, 1.54) is 84.0 Å². The van der Waals surface area contributed by atoms with E-state index in [1.807, 2.05) is 0 Å². The molecule has 0 bridgehead atoms. The van der Waals surface area contributed by atoms with Gasteiger partial charge in [0.1, 0.15) is 6.61 Å². The van der Waals surface area contributed by atoms with E-state index in [-0.39, 0.29) is 49.9 Å². The third-order valence-corrected chi connectivity index (χ3v) is 9.05. The van der Waals surface area contributed by atoms with Crippen LogP contribution in [0.5, 0.6) is 0 Å². The van der Waals surface area contributed by atoms with Crippen LogP contribution in [0.15, 0.2) is 0 Å². The minimum absolute atomic E-state index is 0.00470. The summed E-state index contributed by atoms with van der Waals surface area (Å²) in [7, 11) is 1.77. The molecule has 1 aliphatic rings. The monoisotopic (exact) mass is 698 g/mol. The van der Waals surface area contributed by atoms with Gasteiger partial charge in [0.15, 0.2) is 0 Å². The second-order valence-corrected chi connectivity index (χ2v) is 14.1. The first-order valence-electron chi connectivity index (χ1n) is 19.9. The van der Waals surface area contributed by atoms with E-state index in [2.05, 4.69) is 27.7 Å². The van der Waals surface area contributed by atoms with Gasteiger partial charge in [0, 0.05) is 39.5 Å². The summed E-state index contributed by atoms with van der Waals surface area (Å²) < 4.78 is 21.3. The van der Waals surface area contributed by atoms with Crippen molar-refractivity contribution in [2.24, 2.45) is 11.8 Å². The molecule has 1 fully saturated rings. The highest BCUT2D eigenvalue weighted by atomic mass is 16.5. The minimum atomic E-state index is -0.505. The Kier molecular flexibility index (Phi) is 31.6. The van der Waals surface area contributed by atoms with E-state index < -0.39 is 11.9 Å². The molecule has 9 nitrogen and oxygen atoms in total. The fourth-order valence-corrected chi connectivity index (χ4v) is 6.09. The summed E-state index contributed by atoms with van der Waals surface area (Å²) in [5.74, 6) is -1.32. The van der Waals surface area contributed by atoms with Crippen LogP contribution in [0, 0.1) is 11.8 Å². The Morgan fingerprint density at radius 2 is 1.12 bits per heavy atom. The zero-order chi connectivity index (χ0) is 36.5. The number of amides is 1. The quantitative estimate of drug-likeness (QED) is 0.0432. The summed E-state index contributed by atoms with van der Waals surface area (Å²) in [5, 5.41) is 0. The molecule has 0 aromatic carbocycles. The van der Waals surface area contributed by atoms with Crippen molar-refractivity contribution in [2.75, 3.05) is 40.1 Å². The number of carbonyl (C=O) groups is 4. The van der Waals surface area contributed by atoms with E-state index in [0.29, 0.717) is 25.5 Å². The van der Waals surface area contributed by atoms with Gasteiger partial charge in [0.05, 0.1) is 32.1 Å². The lowest BCUT2D eigenvalue weighted by Gasteiger charge is -2.23. The molecule has 1 rings (SSSR count). The summed E-state index contributed by atoms with van der Waals surface area (Å²) in [6.07, 6.45) is 22.2. The van der Waals surface area contributed by atoms with Crippen LogP contribution < -0.4 is 0 Å². The topological polar surface area (TPSA) is 108 Å².